The zero-order chi connectivity index (χ0) is 15.3. The van der Waals surface area contributed by atoms with Crippen molar-refractivity contribution in [2.24, 2.45) is 0 Å². The molecule has 1 aromatic rings. The first kappa shape index (κ1) is 16.8. The van der Waals surface area contributed by atoms with Crippen LogP contribution in [-0.2, 0) is 11.2 Å². The van der Waals surface area contributed by atoms with Crippen molar-refractivity contribution in [2.75, 3.05) is 13.2 Å². The van der Waals surface area contributed by atoms with Crippen LogP contribution in [0.3, 0.4) is 0 Å². The van der Waals surface area contributed by atoms with E-state index >= 15 is 0 Å². The molecule has 1 aromatic carbocycles. The van der Waals surface area contributed by atoms with Crippen LogP contribution in [0.1, 0.15) is 5.56 Å². The van der Waals surface area contributed by atoms with Gasteiger partial charge in [0.1, 0.15) is 18.2 Å². The van der Waals surface area contributed by atoms with Gasteiger partial charge in [0.2, 0.25) is 0 Å². The number of aliphatic hydroxyl groups excluding tert-OH is 1. The fourth-order valence-electron chi connectivity index (χ4n) is 1.41. The summed E-state index contributed by atoms with van der Waals surface area (Å²) in [5.41, 5.74) is -0.165. The van der Waals surface area contributed by atoms with Crippen LogP contribution in [0.2, 0.25) is 0 Å². The first-order chi connectivity index (χ1) is 9.22. The van der Waals surface area contributed by atoms with Crippen LogP contribution in [0.15, 0.2) is 18.2 Å². The lowest BCUT2D eigenvalue weighted by atomic mass is 10.1. The van der Waals surface area contributed by atoms with E-state index in [1.165, 1.54) is 0 Å². The minimum atomic E-state index is -4.32. The van der Waals surface area contributed by atoms with Gasteiger partial charge >= 0.3 is 12.3 Å². The van der Waals surface area contributed by atoms with E-state index < -0.39 is 43.3 Å². The van der Waals surface area contributed by atoms with Crippen LogP contribution in [-0.4, -0.2) is 36.8 Å². The number of halogens is 6. The predicted octanol–water partition coefficient (Wildman–Crippen LogP) is 2.79. The molecule has 114 valence electrons. The van der Waals surface area contributed by atoms with Crippen molar-refractivity contribution in [3.05, 3.63) is 35.4 Å². The molecular weight excluding hydrogens is 290 g/mol. The van der Waals surface area contributed by atoms with Gasteiger partial charge in [0, 0.05) is 6.42 Å². The van der Waals surface area contributed by atoms with Crippen LogP contribution in [0, 0.1) is 11.6 Å². The molecule has 0 aliphatic rings. The van der Waals surface area contributed by atoms with Gasteiger partial charge in [0.05, 0.1) is 12.7 Å². The molecular formula is C12H12F6O2. The summed E-state index contributed by atoms with van der Waals surface area (Å²) in [6, 6.07) is 2.57. The Morgan fingerprint density at radius 2 is 1.85 bits per heavy atom. The van der Waals surface area contributed by atoms with Crippen LogP contribution in [0.5, 0.6) is 0 Å². The molecule has 0 bridgehead atoms. The Kier molecular flexibility index (Phi) is 5.82. The normalized spacial score (nSPS) is 13.8. The molecule has 0 saturated carbocycles. The molecule has 0 heterocycles. The molecule has 0 spiro atoms. The van der Waals surface area contributed by atoms with Crippen molar-refractivity contribution in [3.8, 4) is 0 Å². The van der Waals surface area contributed by atoms with E-state index in [-0.39, 0.29) is 12.0 Å². The monoisotopic (exact) mass is 302 g/mol. The molecule has 1 rings (SSSR count). The Bertz CT molecular complexity index is 438. The van der Waals surface area contributed by atoms with E-state index in [1.54, 1.807) is 0 Å². The topological polar surface area (TPSA) is 29.5 Å². The van der Waals surface area contributed by atoms with Gasteiger partial charge in [0.15, 0.2) is 0 Å². The summed E-state index contributed by atoms with van der Waals surface area (Å²) in [5, 5.41) is 9.41. The number of rotatable bonds is 7. The summed E-state index contributed by atoms with van der Waals surface area (Å²) >= 11 is 0. The Hall–Kier alpha value is -1.28. The molecule has 20 heavy (non-hydrogen) atoms. The minimum absolute atomic E-state index is 0.165. The second kappa shape index (κ2) is 6.94. The van der Waals surface area contributed by atoms with E-state index in [1.807, 2.05) is 0 Å². The first-order valence-electron chi connectivity index (χ1n) is 5.58. The molecule has 0 fully saturated rings. The average Bonchev–Trinajstić information content (AvgIpc) is 2.33. The van der Waals surface area contributed by atoms with Gasteiger partial charge in [-0.2, -0.15) is 8.78 Å². The van der Waals surface area contributed by atoms with Gasteiger partial charge in [-0.1, -0.05) is 0 Å². The van der Waals surface area contributed by atoms with Crippen LogP contribution in [0.4, 0.5) is 26.3 Å². The largest absolute Gasteiger partial charge is 0.390 e. The third kappa shape index (κ3) is 5.01. The molecule has 0 amide bonds. The minimum Gasteiger partial charge on any atom is -0.390 e. The lowest BCUT2D eigenvalue weighted by Gasteiger charge is -2.17. The molecule has 1 atom stereocenters. The summed E-state index contributed by atoms with van der Waals surface area (Å²) < 4.78 is 78.9. The highest BCUT2D eigenvalue weighted by Crippen LogP contribution is 2.23. The molecule has 0 aliphatic heterocycles. The smallest absolute Gasteiger partial charge is 0.330 e. The lowest BCUT2D eigenvalue weighted by molar-refractivity contribution is -0.170. The third-order valence-corrected chi connectivity index (χ3v) is 2.39. The Morgan fingerprint density at radius 3 is 2.45 bits per heavy atom. The number of benzene rings is 1. The molecule has 2 nitrogen and oxygen atoms in total. The standard InChI is InChI=1S/C12H12F6O2/c13-8-1-2-10(14)7(3-8)4-9(19)5-20-6-12(17,18)11(15)16/h1-3,9,11,19H,4-6H2. The van der Waals surface area contributed by atoms with Crippen molar-refractivity contribution in [1.29, 1.82) is 0 Å². The molecule has 8 heteroatoms. The molecule has 0 aliphatic carbocycles. The van der Waals surface area contributed by atoms with E-state index in [2.05, 4.69) is 4.74 Å². The van der Waals surface area contributed by atoms with Crippen LogP contribution < -0.4 is 0 Å². The summed E-state index contributed by atoms with van der Waals surface area (Å²) in [6.45, 7) is -2.26. The first-order valence-corrected chi connectivity index (χ1v) is 5.58. The Labute approximate surface area is 111 Å². The third-order valence-electron chi connectivity index (χ3n) is 2.39. The fourth-order valence-corrected chi connectivity index (χ4v) is 1.41. The van der Waals surface area contributed by atoms with E-state index in [4.69, 9.17) is 0 Å². The molecule has 1 N–H and O–H groups in total. The van der Waals surface area contributed by atoms with Crippen molar-refractivity contribution in [1.82, 2.24) is 0 Å². The SMILES string of the molecule is OC(COCC(F)(F)C(F)F)Cc1cc(F)ccc1F. The van der Waals surface area contributed by atoms with Crippen molar-refractivity contribution < 1.29 is 36.2 Å². The summed E-state index contributed by atoms with van der Waals surface area (Å²) in [6.07, 6.45) is -5.68. The van der Waals surface area contributed by atoms with Gasteiger partial charge in [-0.3, -0.25) is 0 Å². The summed E-state index contributed by atoms with van der Waals surface area (Å²) in [5.74, 6) is -5.81. The van der Waals surface area contributed by atoms with Crippen LogP contribution >= 0.6 is 0 Å². The summed E-state index contributed by atoms with van der Waals surface area (Å²) in [4.78, 5) is 0. The maximum Gasteiger partial charge on any atom is 0.330 e. The molecule has 0 saturated heterocycles. The lowest BCUT2D eigenvalue weighted by Crippen LogP contribution is -2.34. The quantitative estimate of drug-likeness (QED) is 0.785. The zero-order valence-electron chi connectivity index (χ0n) is 10.1. The molecule has 1 unspecified atom stereocenters. The highest BCUT2D eigenvalue weighted by molar-refractivity contribution is 5.19. The van der Waals surface area contributed by atoms with Gasteiger partial charge in [0.25, 0.3) is 0 Å². The Balaban J connectivity index is 2.44. The van der Waals surface area contributed by atoms with Crippen molar-refractivity contribution >= 4 is 0 Å². The van der Waals surface area contributed by atoms with Gasteiger partial charge in [-0.15, -0.1) is 0 Å². The van der Waals surface area contributed by atoms with Crippen LogP contribution in [0.25, 0.3) is 0 Å². The number of hydrogen-bond donors (Lipinski definition) is 1. The van der Waals surface area contributed by atoms with Gasteiger partial charge < -0.3 is 9.84 Å². The highest BCUT2D eigenvalue weighted by Gasteiger charge is 2.41. The Morgan fingerprint density at radius 1 is 1.20 bits per heavy atom. The number of alkyl halides is 4. The average molecular weight is 302 g/mol. The van der Waals surface area contributed by atoms with E-state index in [0.29, 0.717) is 0 Å². The maximum atomic E-state index is 13.2. The van der Waals surface area contributed by atoms with Crippen molar-refractivity contribution in [3.63, 3.8) is 0 Å². The van der Waals surface area contributed by atoms with E-state index in [9.17, 15) is 31.4 Å². The second-order valence-electron chi connectivity index (χ2n) is 4.17. The maximum absolute atomic E-state index is 13.2. The number of aliphatic hydroxyl groups is 1. The number of ether oxygens (including phenoxy) is 1. The molecule has 0 radical (unpaired) electrons. The zero-order valence-corrected chi connectivity index (χ0v) is 10.1. The fraction of sp³-hybridized carbons (Fsp3) is 0.500. The number of hydrogen-bond acceptors (Lipinski definition) is 2. The van der Waals surface area contributed by atoms with Crippen molar-refractivity contribution in [2.45, 2.75) is 24.9 Å². The highest BCUT2D eigenvalue weighted by atomic mass is 19.3. The summed E-state index contributed by atoms with van der Waals surface area (Å²) in [7, 11) is 0. The molecule has 0 aromatic heterocycles. The predicted molar refractivity (Wildman–Crippen MR) is 57.8 cm³/mol. The van der Waals surface area contributed by atoms with Gasteiger partial charge in [-0.25, -0.2) is 17.6 Å². The second-order valence-corrected chi connectivity index (χ2v) is 4.17. The van der Waals surface area contributed by atoms with Gasteiger partial charge in [-0.05, 0) is 23.8 Å². The van der Waals surface area contributed by atoms with E-state index in [0.717, 1.165) is 18.2 Å².